The number of imidazole rings is 1. The van der Waals surface area contributed by atoms with Crippen LogP contribution in [0.2, 0.25) is 0 Å². The lowest BCUT2D eigenvalue weighted by Gasteiger charge is -2.03. The topological polar surface area (TPSA) is 95.6 Å². The number of aromatic amines is 1. The minimum atomic E-state index is -0.446. The van der Waals surface area contributed by atoms with E-state index in [9.17, 15) is 9.18 Å². The molecule has 0 radical (unpaired) electrons. The van der Waals surface area contributed by atoms with E-state index in [1.807, 2.05) is 24.3 Å². The molecule has 0 fully saturated rings. The van der Waals surface area contributed by atoms with E-state index in [0.717, 1.165) is 16.0 Å². The van der Waals surface area contributed by atoms with Crippen LogP contribution >= 0.6 is 36.2 Å². The minimum absolute atomic E-state index is 0. The maximum atomic E-state index is 13.6. The molecule has 0 atom stereocenters. The number of carbonyl (C=O) groups excluding carboxylic acids is 1. The summed E-state index contributed by atoms with van der Waals surface area (Å²) in [6, 6.07) is 10.6. The second-order valence-corrected chi connectivity index (χ2v) is 6.96. The Kier molecular flexibility index (Phi) is 8.52. The third-order valence-electron chi connectivity index (χ3n) is 4.06. The van der Waals surface area contributed by atoms with Crippen LogP contribution < -0.4 is 10.6 Å². The van der Waals surface area contributed by atoms with Gasteiger partial charge in [-0.2, -0.15) is 0 Å². The molecule has 0 unspecified atom stereocenters. The molecule has 11 heteroatoms. The van der Waals surface area contributed by atoms with E-state index in [-0.39, 0.29) is 43.0 Å². The molecule has 3 aromatic heterocycles. The lowest BCUT2D eigenvalue weighted by atomic mass is 10.3. The van der Waals surface area contributed by atoms with Crippen LogP contribution in [0.25, 0.3) is 11.0 Å². The van der Waals surface area contributed by atoms with Gasteiger partial charge in [0, 0.05) is 24.5 Å². The summed E-state index contributed by atoms with van der Waals surface area (Å²) >= 11 is 1.41. The molecule has 3 heterocycles. The summed E-state index contributed by atoms with van der Waals surface area (Å²) < 4.78 is 13.6. The van der Waals surface area contributed by atoms with Gasteiger partial charge in [-0.1, -0.05) is 12.1 Å². The largest absolute Gasteiger partial charge is 0.355 e. The average Bonchev–Trinajstić information content (AvgIpc) is 3.34. The summed E-state index contributed by atoms with van der Waals surface area (Å²) in [5.74, 6) is -0.0932. The Hall–Kier alpha value is -2.75. The number of halogens is 3. The van der Waals surface area contributed by atoms with Crippen LogP contribution in [-0.4, -0.2) is 32.4 Å². The summed E-state index contributed by atoms with van der Waals surface area (Å²) in [6.07, 6.45) is 2.14. The number of fused-ring (bicyclic) bond motifs is 1. The molecule has 4 aromatic rings. The number of pyridine rings is 1. The third kappa shape index (κ3) is 5.65. The molecular weight excluding hydrogens is 450 g/mol. The van der Waals surface area contributed by atoms with E-state index >= 15 is 0 Å². The number of benzene rings is 1. The maximum Gasteiger partial charge on any atom is 0.271 e. The molecule has 0 saturated carbocycles. The molecule has 0 saturated heterocycles. The van der Waals surface area contributed by atoms with Gasteiger partial charge < -0.3 is 15.6 Å². The van der Waals surface area contributed by atoms with Gasteiger partial charge in [0.1, 0.15) is 11.5 Å². The van der Waals surface area contributed by atoms with Gasteiger partial charge in [-0.25, -0.2) is 14.4 Å². The highest BCUT2D eigenvalue weighted by Gasteiger charge is 2.12. The number of hydrogen-bond donors (Lipinski definition) is 3. The molecule has 0 aliphatic carbocycles. The van der Waals surface area contributed by atoms with Crippen molar-refractivity contribution in [1.29, 1.82) is 0 Å². The van der Waals surface area contributed by atoms with Gasteiger partial charge in [-0.3, -0.25) is 9.78 Å². The van der Waals surface area contributed by atoms with Gasteiger partial charge >= 0.3 is 0 Å². The number of nitrogens with zero attached hydrogens (tertiary/aromatic N) is 3. The van der Waals surface area contributed by atoms with Crippen LogP contribution in [0.15, 0.2) is 48.0 Å². The number of amides is 1. The van der Waals surface area contributed by atoms with Crippen LogP contribution in [0.5, 0.6) is 0 Å². The van der Waals surface area contributed by atoms with Crippen LogP contribution in [0.3, 0.4) is 0 Å². The van der Waals surface area contributed by atoms with Gasteiger partial charge in [0.15, 0.2) is 0 Å². The highest BCUT2D eigenvalue weighted by atomic mass is 35.5. The van der Waals surface area contributed by atoms with E-state index in [0.29, 0.717) is 24.6 Å². The summed E-state index contributed by atoms with van der Waals surface area (Å²) in [4.78, 5) is 28.1. The number of aromatic nitrogens is 4. The molecule has 4 rings (SSSR count). The van der Waals surface area contributed by atoms with Gasteiger partial charge in [0.25, 0.3) is 5.91 Å². The van der Waals surface area contributed by atoms with E-state index in [2.05, 4.69) is 30.6 Å². The molecular formula is C19H19Cl2FN6OS. The minimum Gasteiger partial charge on any atom is -0.355 e. The fourth-order valence-electron chi connectivity index (χ4n) is 2.66. The van der Waals surface area contributed by atoms with Crippen molar-refractivity contribution in [3.63, 3.8) is 0 Å². The van der Waals surface area contributed by atoms with Crippen LogP contribution in [0.4, 0.5) is 10.3 Å². The first-order chi connectivity index (χ1) is 13.7. The molecule has 1 aromatic carbocycles. The van der Waals surface area contributed by atoms with E-state index in [1.54, 1.807) is 5.38 Å². The second-order valence-electron chi connectivity index (χ2n) is 6.02. The number of thiazole rings is 1. The predicted octanol–water partition coefficient (Wildman–Crippen LogP) is 3.98. The first-order valence-electron chi connectivity index (χ1n) is 8.69. The summed E-state index contributed by atoms with van der Waals surface area (Å²) in [7, 11) is 0. The Bertz CT molecular complexity index is 1090. The standard InChI is InChI=1S/C19H17FN6OS.2ClH/c20-12-4-3-8-21-15(12)10-23-18(27)16-11-28-17(24-16)7-9-22-19-25-13-5-1-2-6-14(13)26-19;;/h1-6,8,11H,7,9-10H2,(H,23,27)(H2,22,25,26);2*1H. The number of para-hydroxylation sites is 2. The number of hydrogen-bond acceptors (Lipinski definition) is 6. The Morgan fingerprint density at radius 2 is 1.97 bits per heavy atom. The Morgan fingerprint density at radius 1 is 1.13 bits per heavy atom. The lowest BCUT2D eigenvalue weighted by Crippen LogP contribution is -2.24. The quantitative estimate of drug-likeness (QED) is 0.381. The maximum absolute atomic E-state index is 13.6. The lowest BCUT2D eigenvalue weighted by molar-refractivity contribution is 0.0945. The Labute approximate surface area is 188 Å². The summed E-state index contributed by atoms with van der Waals surface area (Å²) in [6.45, 7) is 0.652. The van der Waals surface area contributed by atoms with Crippen LogP contribution in [0, 0.1) is 5.82 Å². The summed E-state index contributed by atoms with van der Waals surface area (Å²) in [5.41, 5.74) is 2.39. The first-order valence-corrected chi connectivity index (χ1v) is 9.57. The second kappa shape index (κ2) is 10.9. The van der Waals surface area contributed by atoms with Crippen molar-refractivity contribution in [3.8, 4) is 0 Å². The predicted molar refractivity (Wildman–Crippen MR) is 120 cm³/mol. The molecule has 7 nitrogen and oxygen atoms in total. The first kappa shape index (κ1) is 23.5. The molecule has 30 heavy (non-hydrogen) atoms. The van der Waals surface area contributed by atoms with Gasteiger partial charge in [0.05, 0.1) is 28.3 Å². The fraction of sp³-hybridized carbons (Fsp3) is 0.158. The zero-order chi connectivity index (χ0) is 19.3. The number of carbonyl (C=O) groups is 1. The monoisotopic (exact) mass is 468 g/mol. The molecule has 0 aliphatic heterocycles. The van der Waals surface area contributed by atoms with Gasteiger partial charge in [0.2, 0.25) is 5.95 Å². The van der Waals surface area contributed by atoms with Gasteiger partial charge in [-0.15, -0.1) is 36.2 Å². The zero-order valence-electron chi connectivity index (χ0n) is 15.6. The van der Waals surface area contributed by atoms with E-state index < -0.39 is 5.82 Å². The van der Waals surface area contributed by atoms with Crippen LogP contribution in [0.1, 0.15) is 21.2 Å². The smallest absolute Gasteiger partial charge is 0.271 e. The molecule has 1 amide bonds. The third-order valence-corrected chi connectivity index (χ3v) is 4.96. The van der Waals surface area contributed by atoms with Crippen molar-refractivity contribution in [3.05, 3.63) is 70.2 Å². The van der Waals surface area contributed by atoms with Crippen LogP contribution in [-0.2, 0) is 13.0 Å². The number of nitrogens with one attached hydrogen (secondary N) is 3. The molecule has 0 spiro atoms. The van der Waals surface area contributed by atoms with E-state index in [1.165, 1.54) is 29.7 Å². The highest BCUT2D eigenvalue weighted by Crippen LogP contribution is 2.14. The number of anilines is 1. The van der Waals surface area contributed by atoms with Crippen molar-refractivity contribution in [2.45, 2.75) is 13.0 Å². The normalized spacial score (nSPS) is 10.2. The summed E-state index contributed by atoms with van der Waals surface area (Å²) in [5, 5.41) is 8.39. The van der Waals surface area contributed by atoms with Crippen molar-refractivity contribution in [2.75, 3.05) is 11.9 Å². The SMILES string of the molecule is Cl.Cl.O=C(NCc1ncccc1F)c1csc(CCNc2nc3ccccc3[nH]2)n1. The fourth-order valence-corrected chi connectivity index (χ4v) is 3.44. The average molecular weight is 469 g/mol. The van der Waals surface area contributed by atoms with E-state index in [4.69, 9.17) is 0 Å². The number of H-pyrrole nitrogens is 1. The molecule has 0 bridgehead atoms. The van der Waals surface area contributed by atoms with Crippen molar-refractivity contribution in [1.82, 2.24) is 25.3 Å². The Balaban J connectivity index is 0.00000160. The van der Waals surface area contributed by atoms with Crippen molar-refractivity contribution in [2.24, 2.45) is 0 Å². The van der Waals surface area contributed by atoms with Gasteiger partial charge in [-0.05, 0) is 24.3 Å². The Morgan fingerprint density at radius 3 is 2.77 bits per heavy atom. The zero-order valence-corrected chi connectivity index (χ0v) is 18.0. The molecule has 3 N–H and O–H groups in total. The number of rotatable bonds is 7. The van der Waals surface area contributed by atoms with Crippen molar-refractivity contribution < 1.29 is 9.18 Å². The highest BCUT2D eigenvalue weighted by molar-refractivity contribution is 7.09. The molecule has 158 valence electrons. The van der Waals surface area contributed by atoms with Crippen molar-refractivity contribution >= 4 is 59.0 Å². The molecule has 0 aliphatic rings.